The van der Waals surface area contributed by atoms with Crippen molar-refractivity contribution in [3.63, 3.8) is 0 Å². The lowest BCUT2D eigenvalue weighted by molar-refractivity contribution is -0.113. The van der Waals surface area contributed by atoms with Crippen molar-refractivity contribution in [2.45, 2.75) is 13.3 Å². The fourth-order valence-corrected chi connectivity index (χ4v) is 0.609. The predicted octanol–water partition coefficient (Wildman–Crippen LogP) is 1.36. The minimum atomic E-state index is 0. The minimum absolute atomic E-state index is 0. The molecule has 50 valence electrons. The highest BCUT2D eigenvalue weighted by Gasteiger charge is 1.99. The summed E-state index contributed by atoms with van der Waals surface area (Å²) in [6, 6.07) is 0. The quantitative estimate of drug-likeness (QED) is 0.506. The molecule has 0 radical (unpaired) electrons. The van der Waals surface area contributed by atoms with Crippen molar-refractivity contribution in [3.05, 3.63) is 11.8 Å². The molecule has 0 saturated carbocycles. The zero-order chi connectivity index (χ0) is 5.98. The third-order valence-electron chi connectivity index (χ3n) is 0.957. The lowest BCUT2D eigenvalue weighted by Crippen LogP contribution is -1.98. The van der Waals surface area contributed by atoms with Gasteiger partial charge in [-0.15, -0.1) is 12.4 Å². The van der Waals surface area contributed by atoms with E-state index in [9.17, 15) is 4.79 Å². The van der Waals surface area contributed by atoms with Crippen molar-refractivity contribution in [1.82, 2.24) is 0 Å². The van der Waals surface area contributed by atoms with Gasteiger partial charge in [-0.05, 0) is 6.92 Å². The molecule has 0 unspecified atom stereocenters. The van der Waals surface area contributed by atoms with Crippen LogP contribution in [0.15, 0.2) is 16.8 Å². The van der Waals surface area contributed by atoms with Crippen LogP contribution in [0.1, 0.15) is 13.3 Å². The van der Waals surface area contributed by atoms with Gasteiger partial charge in [0, 0.05) is 24.4 Å². The number of rotatable bonds is 0. The number of allylic oxidation sites excluding steroid dienone is 2. The van der Waals surface area contributed by atoms with Gasteiger partial charge >= 0.3 is 0 Å². The van der Waals surface area contributed by atoms with Crippen LogP contribution in [-0.4, -0.2) is 12.0 Å². The number of carbonyl (C=O) groups is 1. The van der Waals surface area contributed by atoms with Crippen LogP contribution in [0, 0.1) is 0 Å². The molecule has 0 N–H and O–H groups in total. The minimum Gasteiger partial charge on any atom is -0.294 e. The second kappa shape index (κ2) is 3.41. The van der Waals surface area contributed by atoms with E-state index in [1.807, 2.05) is 6.92 Å². The van der Waals surface area contributed by atoms with Crippen LogP contribution in [0.5, 0.6) is 0 Å². The van der Waals surface area contributed by atoms with E-state index in [-0.39, 0.29) is 18.2 Å². The number of aliphatic imine (C=N–C) groups is 1. The molecular formula is C6H8ClNO. The molecule has 1 rings (SSSR count). The van der Waals surface area contributed by atoms with Crippen LogP contribution in [0.25, 0.3) is 0 Å². The molecule has 0 amide bonds. The van der Waals surface area contributed by atoms with E-state index in [1.165, 1.54) is 0 Å². The molecule has 0 aliphatic carbocycles. The lowest BCUT2D eigenvalue weighted by Gasteiger charge is -1.96. The summed E-state index contributed by atoms with van der Waals surface area (Å²) in [5.41, 5.74) is 0.807. The van der Waals surface area contributed by atoms with E-state index < -0.39 is 0 Å². The molecule has 0 aromatic carbocycles. The first-order valence-electron chi connectivity index (χ1n) is 2.53. The first kappa shape index (κ1) is 8.37. The second-order valence-electron chi connectivity index (χ2n) is 1.77. The first-order valence-corrected chi connectivity index (χ1v) is 2.53. The largest absolute Gasteiger partial charge is 0.294 e. The number of hydrogen-bond acceptors (Lipinski definition) is 2. The Morgan fingerprint density at radius 2 is 2.33 bits per heavy atom. The SMILES string of the molecule is CC1=CC(=O)CC=N1.Cl. The molecule has 0 aromatic rings. The van der Waals surface area contributed by atoms with Crippen molar-refractivity contribution in [2.24, 2.45) is 4.99 Å². The van der Waals surface area contributed by atoms with E-state index in [1.54, 1.807) is 12.3 Å². The van der Waals surface area contributed by atoms with E-state index in [2.05, 4.69) is 4.99 Å². The third kappa shape index (κ3) is 2.42. The Kier molecular flexibility index (Phi) is 3.17. The molecule has 0 atom stereocenters. The van der Waals surface area contributed by atoms with E-state index in [0.717, 1.165) is 5.70 Å². The Hall–Kier alpha value is -0.630. The lowest BCUT2D eigenvalue weighted by atomic mass is 10.2. The summed E-state index contributed by atoms with van der Waals surface area (Å²) in [6.45, 7) is 1.81. The average molecular weight is 146 g/mol. The molecule has 0 fully saturated rings. The van der Waals surface area contributed by atoms with Gasteiger partial charge in [-0.1, -0.05) is 0 Å². The van der Waals surface area contributed by atoms with Gasteiger partial charge in [0.15, 0.2) is 5.78 Å². The van der Waals surface area contributed by atoms with Gasteiger partial charge in [0.05, 0.1) is 0 Å². The first-order chi connectivity index (χ1) is 3.79. The number of hydrogen-bond donors (Lipinski definition) is 0. The van der Waals surface area contributed by atoms with E-state index >= 15 is 0 Å². The summed E-state index contributed by atoms with van der Waals surface area (Å²) in [4.78, 5) is 14.4. The van der Waals surface area contributed by atoms with Gasteiger partial charge in [0.25, 0.3) is 0 Å². The molecule has 2 nitrogen and oxygen atoms in total. The standard InChI is InChI=1S/C6H7NO.ClH/c1-5-4-6(8)2-3-7-5;/h3-4H,2H2,1H3;1H. The van der Waals surface area contributed by atoms with Crippen molar-refractivity contribution < 1.29 is 4.79 Å². The van der Waals surface area contributed by atoms with Crippen molar-refractivity contribution in [1.29, 1.82) is 0 Å². The summed E-state index contributed by atoms with van der Waals surface area (Å²) < 4.78 is 0. The molecule has 0 bridgehead atoms. The number of nitrogens with zero attached hydrogens (tertiary/aromatic N) is 1. The number of carbonyl (C=O) groups excluding carboxylic acids is 1. The predicted molar refractivity (Wildman–Crippen MR) is 39.1 cm³/mol. The van der Waals surface area contributed by atoms with Crippen LogP contribution in [0.4, 0.5) is 0 Å². The zero-order valence-corrected chi connectivity index (χ0v) is 5.94. The molecule has 0 spiro atoms. The molecule has 1 aliphatic heterocycles. The van der Waals surface area contributed by atoms with Crippen LogP contribution in [-0.2, 0) is 4.79 Å². The van der Waals surface area contributed by atoms with Crippen molar-refractivity contribution in [3.8, 4) is 0 Å². The Morgan fingerprint density at radius 3 is 2.67 bits per heavy atom. The zero-order valence-electron chi connectivity index (χ0n) is 5.13. The highest BCUT2D eigenvalue weighted by atomic mass is 35.5. The summed E-state index contributed by atoms with van der Waals surface area (Å²) in [7, 11) is 0. The molecule has 0 saturated heterocycles. The molecule has 9 heavy (non-hydrogen) atoms. The second-order valence-corrected chi connectivity index (χ2v) is 1.77. The maximum atomic E-state index is 10.5. The van der Waals surface area contributed by atoms with Gasteiger partial charge in [0.1, 0.15) is 0 Å². The van der Waals surface area contributed by atoms with Gasteiger partial charge in [0.2, 0.25) is 0 Å². The summed E-state index contributed by atoms with van der Waals surface area (Å²) in [6.07, 6.45) is 3.66. The normalized spacial score (nSPS) is 16.6. The fraction of sp³-hybridized carbons (Fsp3) is 0.333. The van der Waals surface area contributed by atoms with Gasteiger partial charge < -0.3 is 0 Å². The topological polar surface area (TPSA) is 29.4 Å². The Bertz CT molecular complexity index is 172. The maximum Gasteiger partial charge on any atom is 0.162 e. The van der Waals surface area contributed by atoms with Gasteiger partial charge in [-0.25, -0.2) is 0 Å². The molecule has 1 aliphatic rings. The maximum absolute atomic E-state index is 10.5. The average Bonchev–Trinajstić information content (AvgIpc) is 1.64. The molecule has 1 heterocycles. The van der Waals surface area contributed by atoms with Crippen molar-refractivity contribution in [2.75, 3.05) is 0 Å². The van der Waals surface area contributed by atoms with Crippen LogP contribution in [0.3, 0.4) is 0 Å². The van der Waals surface area contributed by atoms with Crippen LogP contribution >= 0.6 is 12.4 Å². The third-order valence-corrected chi connectivity index (χ3v) is 0.957. The summed E-state index contributed by atoms with van der Waals surface area (Å²) >= 11 is 0. The van der Waals surface area contributed by atoms with Crippen LogP contribution < -0.4 is 0 Å². The van der Waals surface area contributed by atoms with E-state index in [4.69, 9.17) is 0 Å². The molecular weight excluding hydrogens is 138 g/mol. The van der Waals surface area contributed by atoms with E-state index in [0.29, 0.717) is 6.42 Å². The Balaban J connectivity index is 0.000000640. The molecule has 0 aromatic heterocycles. The molecule has 3 heteroatoms. The number of halogens is 1. The Labute approximate surface area is 60.1 Å². The van der Waals surface area contributed by atoms with Crippen molar-refractivity contribution >= 4 is 24.4 Å². The highest BCUT2D eigenvalue weighted by molar-refractivity contribution is 6.01. The van der Waals surface area contributed by atoms with Crippen LogP contribution in [0.2, 0.25) is 0 Å². The Morgan fingerprint density at radius 1 is 1.67 bits per heavy atom. The fourth-order valence-electron chi connectivity index (χ4n) is 0.609. The summed E-state index contributed by atoms with van der Waals surface area (Å²) in [5, 5.41) is 0. The smallest absolute Gasteiger partial charge is 0.162 e. The monoisotopic (exact) mass is 145 g/mol. The van der Waals surface area contributed by atoms with Gasteiger partial charge in [-0.2, -0.15) is 0 Å². The number of ketones is 1. The summed E-state index contributed by atoms with van der Waals surface area (Å²) in [5.74, 6) is 0.150. The van der Waals surface area contributed by atoms with Gasteiger partial charge in [-0.3, -0.25) is 9.79 Å². The highest BCUT2D eigenvalue weighted by Crippen LogP contribution is 2.00.